The Morgan fingerprint density at radius 3 is 2.65 bits per heavy atom. The van der Waals surface area contributed by atoms with Gasteiger partial charge in [0.15, 0.2) is 0 Å². The Bertz CT molecular complexity index is 1350. The van der Waals surface area contributed by atoms with Gasteiger partial charge in [-0.3, -0.25) is 9.36 Å². The first-order valence-corrected chi connectivity index (χ1v) is 13.3. The second kappa shape index (κ2) is 9.80. The van der Waals surface area contributed by atoms with Gasteiger partial charge in [-0.25, -0.2) is 22.5 Å². The lowest BCUT2D eigenvalue weighted by molar-refractivity contribution is 0.412. The highest BCUT2D eigenvalue weighted by molar-refractivity contribution is 7.89. The van der Waals surface area contributed by atoms with E-state index in [2.05, 4.69) is 9.71 Å². The molecule has 6 nitrogen and oxygen atoms in total. The van der Waals surface area contributed by atoms with Gasteiger partial charge in [0.25, 0.3) is 5.56 Å². The summed E-state index contributed by atoms with van der Waals surface area (Å²) in [4.78, 5) is 18.0. The third-order valence-electron chi connectivity index (χ3n) is 6.50. The Morgan fingerprint density at radius 2 is 1.94 bits per heavy atom. The van der Waals surface area contributed by atoms with Crippen LogP contribution in [0.15, 0.2) is 59.7 Å². The number of halogens is 1. The molecule has 0 saturated carbocycles. The predicted octanol–water partition coefficient (Wildman–Crippen LogP) is 4.21. The normalized spacial score (nSPS) is 18.1. The molecule has 0 saturated heterocycles. The van der Waals surface area contributed by atoms with E-state index in [9.17, 15) is 17.6 Å². The van der Waals surface area contributed by atoms with Gasteiger partial charge >= 0.3 is 0 Å². The van der Waals surface area contributed by atoms with Crippen LogP contribution >= 0.6 is 0 Å². The van der Waals surface area contributed by atoms with E-state index in [4.69, 9.17) is 0 Å². The molecule has 2 unspecified atom stereocenters. The van der Waals surface area contributed by atoms with Crippen molar-refractivity contribution in [2.45, 2.75) is 58.0 Å². The molecule has 34 heavy (non-hydrogen) atoms. The third kappa shape index (κ3) is 4.98. The Balaban J connectivity index is 1.79. The van der Waals surface area contributed by atoms with Crippen LogP contribution in [-0.2, 0) is 22.9 Å². The summed E-state index contributed by atoms with van der Waals surface area (Å²) >= 11 is 0. The van der Waals surface area contributed by atoms with Crippen molar-refractivity contribution in [2.24, 2.45) is 0 Å². The van der Waals surface area contributed by atoms with Crippen LogP contribution in [0, 0.1) is 5.82 Å². The fourth-order valence-electron chi connectivity index (χ4n) is 4.67. The Labute approximate surface area is 199 Å². The fraction of sp³-hybridized carbons (Fsp3) is 0.385. The van der Waals surface area contributed by atoms with E-state index in [0.29, 0.717) is 30.4 Å². The largest absolute Gasteiger partial charge is 0.296 e. The summed E-state index contributed by atoms with van der Waals surface area (Å²) in [5, 5.41) is 0. The zero-order valence-electron chi connectivity index (χ0n) is 19.7. The van der Waals surface area contributed by atoms with Crippen LogP contribution in [0.2, 0.25) is 0 Å². The lowest BCUT2D eigenvalue weighted by Crippen LogP contribution is -2.46. The van der Waals surface area contributed by atoms with Crippen molar-refractivity contribution < 1.29 is 12.8 Å². The van der Waals surface area contributed by atoms with E-state index >= 15 is 0 Å². The van der Waals surface area contributed by atoms with Gasteiger partial charge in [0.1, 0.15) is 5.82 Å². The Kier molecular flexibility index (Phi) is 7.00. The van der Waals surface area contributed by atoms with Crippen LogP contribution in [0.5, 0.6) is 0 Å². The average molecular weight is 484 g/mol. The van der Waals surface area contributed by atoms with Crippen LogP contribution in [0.25, 0.3) is 11.1 Å². The lowest BCUT2D eigenvalue weighted by atomic mass is 9.78. The molecule has 1 N–H and O–H groups in total. The summed E-state index contributed by atoms with van der Waals surface area (Å²) in [6.45, 7) is 5.43. The molecule has 2 atom stereocenters. The summed E-state index contributed by atoms with van der Waals surface area (Å²) < 4.78 is 43.7. The van der Waals surface area contributed by atoms with Gasteiger partial charge in [-0.1, -0.05) is 42.5 Å². The van der Waals surface area contributed by atoms with Crippen molar-refractivity contribution in [3.63, 3.8) is 0 Å². The van der Waals surface area contributed by atoms with Crippen molar-refractivity contribution >= 4 is 10.0 Å². The highest BCUT2D eigenvalue weighted by Gasteiger charge is 2.35. The smallest absolute Gasteiger partial charge is 0.257 e. The molecule has 1 aliphatic rings. The summed E-state index contributed by atoms with van der Waals surface area (Å²) in [5.74, 6) is -0.720. The maximum Gasteiger partial charge on any atom is 0.257 e. The molecule has 3 aromatic rings. The van der Waals surface area contributed by atoms with Crippen LogP contribution in [-0.4, -0.2) is 29.8 Å². The minimum Gasteiger partial charge on any atom is -0.296 e. The topological polar surface area (TPSA) is 81.1 Å². The number of rotatable bonds is 7. The van der Waals surface area contributed by atoms with Gasteiger partial charge in [-0.15, -0.1) is 0 Å². The SMILES string of the molecule is CCS(=O)(=O)NC1CCc2ncn(C(C)C)c(=O)c2C1Cc1cccc(-c2ccccc2F)c1. The summed E-state index contributed by atoms with van der Waals surface area (Å²) in [6.07, 6.45) is 3.11. The van der Waals surface area contributed by atoms with Gasteiger partial charge in [-0.05, 0) is 57.2 Å². The molecular formula is C26H30FN3O3S. The van der Waals surface area contributed by atoms with Crippen LogP contribution < -0.4 is 10.3 Å². The zero-order chi connectivity index (χ0) is 24.5. The molecular weight excluding hydrogens is 453 g/mol. The van der Waals surface area contributed by atoms with Gasteiger partial charge < -0.3 is 0 Å². The molecule has 0 radical (unpaired) electrons. The van der Waals surface area contributed by atoms with Crippen LogP contribution in [0.4, 0.5) is 4.39 Å². The maximum absolute atomic E-state index is 14.4. The maximum atomic E-state index is 14.4. The molecule has 1 aromatic heterocycles. The number of nitrogens with zero attached hydrogens (tertiary/aromatic N) is 2. The molecule has 0 amide bonds. The first-order valence-electron chi connectivity index (χ1n) is 11.6. The van der Waals surface area contributed by atoms with Crippen molar-refractivity contribution in [1.82, 2.24) is 14.3 Å². The number of benzene rings is 2. The van der Waals surface area contributed by atoms with Gasteiger partial charge in [-0.2, -0.15) is 0 Å². The monoisotopic (exact) mass is 483 g/mol. The number of aromatic nitrogens is 2. The van der Waals surface area contributed by atoms with Crippen LogP contribution in [0.1, 0.15) is 56.0 Å². The van der Waals surface area contributed by atoms with Crippen LogP contribution in [0.3, 0.4) is 0 Å². The molecule has 2 aromatic carbocycles. The summed E-state index contributed by atoms with van der Waals surface area (Å²) in [7, 11) is -3.47. The van der Waals surface area contributed by atoms with E-state index in [1.807, 2.05) is 38.1 Å². The highest BCUT2D eigenvalue weighted by Crippen LogP contribution is 2.33. The van der Waals surface area contributed by atoms with Crippen molar-refractivity contribution in [3.05, 3.63) is 87.9 Å². The number of hydrogen-bond acceptors (Lipinski definition) is 4. The van der Waals surface area contributed by atoms with E-state index in [0.717, 1.165) is 16.8 Å². The predicted molar refractivity (Wildman–Crippen MR) is 132 cm³/mol. The molecule has 0 fully saturated rings. The lowest BCUT2D eigenvalue weighted by Gasteiger charge is -2.33. The van der Waals surface area contributed by atoms with E-state index in [-0.39, 0.29) is 29.1 Å². The summed E-state index contributed by atoms with van der Waals surface area (Å²) in [5.41, 5.74) is 3.31. The number of hydrogen-bond donors (Lipinski definition) is 1. The molecule has 1 aliphatic carbocycles. The first kappa shape index (κ1) is 24.3. The molecule has 0 aliphatic heterocycles. The molecule has 0 bridgehead atoms. The average Bonchev–Trinajstić information content (AvgIpc) is 2.81. The van der Waals surface area contributed by atoms with Gasteiger partial charge in [0.05, 0.1) is 17.8 Å². The Morgan fingerprint density at radius 1 is 1.18 bits per heavy atom. The summed E-state index contributed by atoms with van der Waals surface area (Å²) in [6, 6.07) is 13.7. The van der Waals surface area contributed by atoms with E-state index in [1.165, 1.54) is 6.07 Å². The van der Waals surface area contributed by atoms with E-state index < -0.39 is 16.1 Å². The highest BCUT2D eigenvalue weighted by atomic mass is 32.2. The number of aryl methyl sites for hydroxylation is 1. The zero-order valence-corrected chi connectivity index (χ0v) is 20.5. The Hall–Kier alpha value is -2.84. The standard InChI is InChI=1S/C26H30FN3O3S/c1-4-34(32,33)29-23-12-13-24-25(26(31)30(16-28-24)17(2)3)21(23)15-18-8-7-9-19(14-18)20-10-5-6-11-22(20)27/h5-11,14,16-17,21,23,29H,4,12-13,15H2,1-3H3. The van der Waals surface area contributed by atoms with Crippen molar-refractivity contribution in [1.29, 1.82) is 0 Å². The minimum atomic E-state index is -3.47. The number of nitrogens with one attached hydrogen (secondary N) is 1. The molecule has 180 valence electrons. The molecule has 0 spiro atoms. The second-order valence-electron chi connectivity index (χ2n) is 9.07. The molecule has 1 heterocycles. The minimum absolute atomic E-state index is 0.0326. The van der Waals surface area contributed by atoms with Gasteiger partial charge in [0, 0.05) is 29.1 Å². The first-order chi connectivity index (χ1) is 16.2. The van der Waals surface area contributed by atoms with Crippen molar-refractivity contribution in [2.75, 3.05) is 5.75 Å². The number of fused-ring (bicyclic) bond motifs is 1. The molecule has 4 rings (SSSR count). The van der Waals surface area contributed by atoms with Gasteiger partial charge in [0.2, 0.25) is 10.0 Å². The van der Waals surface area contributed by atoms with E-state index in [1.54, 1.807) is 36.0 Å². The number of sulfonamides is 1. The fourth-order valence-corrected chi connectivity index (χ4v) is 5.58. The molecule has 8 heteroatoms. The third-order valence-corrected chi connectivity index (χ3v) is 7.92. The van der Waals surface area contributed by atoms with Crippen molar-refractivity contribution in [3.8, 4) is 11.1 Å². The second-order valence-corrected chi connectivity index (χ2v) is 11.1. The quantitative estimate of drug-likeness (QED) is 0.546.